The number of allylic oxidation sites excluding steroid dienone is 1. The number of sulfone groups is 1. The molecule has 94 valence electrons. The fraction of sp³-hybridized carbons (Fsp3) is 0.833. The van der Waals surface area contributed by atoms with Gasteiger partial charge in [0.25, 0.3) is 0 Å². The Morgan fingerprint density at radius 1 is 1.50 bits per heavy atom. The average molecular weight is 245 g/mol. The van der Waals surface area contributed by atoms with E-state index in [0.717, 1.165) is 19.3 Å². The van der Waals surface area contributed by atoms with E-state index in [1.807, 2.05) is 0 Å². The summed E-state index contributed by atoms with van der Waals surface area (Å²) in [5, 5.41) is 0. The molecule has 1 aliphatic carbocycles. The number of rotatable bonds is 4. The molecule has 0 aromatic heterocycles. The van der Waals surface area contributed by atoms with Crippen molar-refractivity contribution in [3.8, 4) is 0 Å². The lowest BCUT2D eigenvalue weighted by Gasteiger charge is -2.33. The predicted molar refractivity (Wildman–Crippen MR) is 68.0 cm³/mol. The Labute approximate surface area is 99.0 Å². The Morgan fingerprint density at radius 2 is 2.12 bits per heavy atom. The van der Waals surface area contributed by atoms with Crippen LogP contribution < -0.4 is 5.73 Å². The van der Waals surface area contributed by atoms with Gasteiger partial charge in [-0.2, -0.15) is 0 Å². The highest BCUT2D eigenvalue weighted by Gasteiger charge is 2.26. The van der Waals surface area contributed by atoms with Gasteiger partial charge < -0.3 is 5.73 Å². The van der Waals surface area contributed by atoms with E-state index >= 15 is 0 Å². The van der Waals surface area contributed by atoms with Gasteiger partial charge in [0, 0.05) is 12.3 Å². The van der Waals surface area contributed by atoms with Crippen LogP contribution in [0.15, 0.2) is 11.6 Å². The maximum Gasteiger partial charge on any atom is 0.147 e. The lowest BCUT2D eigenvalue weighted by Crippen LogP contribution is -2.31. The van der Waals surface area contributed by atoms with Crippen LogP contribution in [-0.2, 0) is 9.84 Å². The Bertz CT molecular complexity index is 368. The molecule has 1 aliphatic rings. The first-order chi connectivity index (χ1) is 7.18. The largest absolute Gasteiger partial charge is 0.324 e. The van der Waals surface area contributed by atoms with Gasteiger partial charge in [0.1, 0.15) is 9.84 Å². The van der Waals surface area contributed by atoms with Crippen molar-refractivity contribution in [2.24, 2.45) is 11.1 Å². The van der Waals surface area contributed by atoms with E-state index in [1.165, 1.54) is 11.8 Å². The molecule has 0 saturated carbocycles. The van der Waals surface area contributed by atoms with Crippen molar-refractivity contribution in [3.05, 3.63) is 11.6 Å². The molecule has 4 heteroatoms. The third-order valence-corrected chi connectivity index (χ3v) is 3.99. The van der Waals surface area contributed by atoms with Crippen molar-refractivity contribution in [1.82, 2.24) is 0 Å². The molecule has 0 aromatic rings. The van der Waals surface area contributed by atoms with Crippen LogP contribution in [0.2, 0.25) is 0 Å². The summed E-state index contributed by atoms with van der Waals surface area (Å²) >= 11 is 0. The molecule has 16 heavy (non-hydrogen) atoms. The Balaban J connectivity index is 2.49. The molecular weight excluding hydrogens is 222 g/mol. The molecule has 0 bridgehead atoms. The highest BCUT2D eigenvalue weighted by atomic mass is 32.2. The minimum absolute atomic E-state index is 0.136. The number of nitrogens with two attached hydrogens (primary N) is 1. The Kier molecular flexibility index (Phi) is 4.18. The molecule has 1 rings (SSSR count). The van der Waals surface area contributed by atoms with E-state index in [2.05, 4.69) is 19.9 Å². The Morgan fingerprint density at radius 3 is 2.62 bits per heavy atom. The maximum absolute atomic E-state index is 11.0. The van der Waals surface area contributed by atoms with E-state index in [-0.39, 0.29) is 17.2 Å². The second kappa shape index (κ2) is 4.88. The standard InChI is InChI=1S/C12H23NO2S/c1-12(2)8-10(7-11(13)9-12)5-4-6-16(3,14)15/h7,11H,4-6,8-9,13H2,1-3H3. The highest BCUT2D eigenvalue weighted by Crippen LogP contribution is 2.36. The van der Waals surface area contributed by atoms with Crippen molar-refractivity contribution in [2.75, 3.05) is 12.0 Å². The molecule has 1 atom stereocenters. The van der Waals surface area contributed by atoms with E-state index < -0.39 is 9.84 Å². The van der Waals surface area contributed by atoms with Gasteiger partial charge in [0.15, 0.2) is 0 Å². The fourth-order valence-electron chi connectivity index (χ4n) is 2.48. The fourth-order valence-corrected chi connectivity index (χ4v) is 3.15. The molecule has 0 heterocycles. The maximum atomic E-state index is 11.0. The van der Waals surface area contributed by atoms with Crippen molar-refractivity contribution in [1.29, 1.82) is 0 Å². The SMILES string of the molecule is CC1(C)CC(CCCS(C)(=O)=O)=CC(N)C1. The highest BCUT2D eigenvalue weighted by molar-refractivity contribution is 7.90. The molecule has 0 aromatic carbocycles. The third kappa shape index (κ3) is 5.12. The smallest absolute Gasteiger partial charge is 0.147 e. The molecular formula is C12H23NO2S. The van der Waals surface area contributed by atoms with Gasteiger partial charge in [-0.3, -0.25) is 0 Å². The van der Waals surface area contributed by atoms with Gasteiger partial charge in [0.2, 0.25) is 0 Å². The summed E-state index contributed by atoms with van der Waals surface area (Å²) in [5.74, 6) is 0.278. The van der Waals surface area contributed by atoms with E-state index in [1.54, 1.807) is 0 Å². The lowest BCUT2D eigenvalue weighted by atomic mass is 9.75. The first-order valence-electron chi connectivity index (χ1n) is 5.81. The normalized spacial score (nSPS) is 25.2. The van der Waals surface area contributed by atoms with E-state index in [9.17, 15) is 8.42 Å². The second-order valence-corrected chi connectivity index (χ2v) is 8.03. The monoisotopic (exact) mass is 245 g/mol. The van der Waals surface area contributed by atoms with Crippen LogP contribution in [0.5, 0.6) is 0 Å². The molecule has 2 N–H and O–H groups in total. The van der Waals surface area contributed by atoms with Crippen molar-refractivity contribution in [2.45, 2.75) is 45.6 Å². The summed E-state index contributed by atoms with van der Waals surface area (Å²) in [6.45, 7) is 4.44. The van der Waals surface area contributed by atoms with Gasteiger partial charge in [-0.1, -0.05) is 25.5 Å². The molecule has 0 fully saturated rings. The third-order valence-electron chi connectivity index (χ3n) is 2.96. The molecule has 1 unspecified atom stereocenters. The first-order valence-corrected chi connectivity index (χ1v) is 7.87. The van der Waals surface area contributed by atoms with Crippen LogP contribution in [0, 0.1) is 5.41 Å². The van der Waals surface area contributed by atoms with Crippen molar-refractivity contribution in [3.63, 3.8) is 0 Å². The Hall–Kier alpha value is -0.350. The lowest BCUT2D eigenvalue weighted by molar-refractivity contribution is 0.297. The minimum atomic E-state index is -2.83. The van der Waals surface area contributed by atoms with Crippen LogP contribution in [0.3, 0.4) is 0 Å². The van der Waals surface area contributed by atoms with Gasteiger partial charge >= 0.3 is 0 Å². The molecule has 0 radical (unpaired) electrons. The zero-order valence-corrected chi connectivity index (χ0v) is 11.3. The quantitative estimate of drug-likeness (QED) is 0.769. The molecule has 0 spiro atoms. The molecule has 0 aliphatic heterocycles. The average Bonchev–Trinajstić information content (AvgIpc) is 1.96. The van der Waals surface area contributed by atoms with Gasteiger partial charge in [-0.15, -0.1) is 0 Å². The van der Waals surface area contributed by atoms with Crippen LogP contribution >= 0.6 is 0 Å². The van der Waals surface area contributed by atoms with Crippen molar-refractivity contribution < 1.29 is 8.42 Å². The summed E-state index contributed by atoms with van der Waals surface area (Å²) in [6, 6.07) is 0.136. The second-order valence-electron chi connectivity index (χ2n) is 5.77. The molecule has 0 saturated heterocycles. The van der Waals surface area contributed by atoms with E-state index in [0.29, 0.717) is 6.42 Å². The van der Waals surface area contributed by atoms with E-state index in [4.69, 9.17) is 5.73 Å². The summed E-state index contributed by atoms with van der Waals surface area (Å²) in [4.78, 5) is 0. The van der Waals surface area contributed by atoms with Crippen LogP contribution in [0.1, 0.15) is 39.5 Å². The number of hydrogen-bond acceptors (Lipinski definition) is 3. The number of hydrogen-bond donors (Lipinski definition) is 1. The summed E-state index contributed by atoms with van der Waals surface area (Å²) in [7, 11) is -2.83. The molecule has 0 amide bonds. The van der Waals surface area contributed by atoms with Crippen LogP contribution in [-0.4, -0.2) is 26.5 Å². The molecule has 3 nitrogen and oxygen atoms in total. The summed E-state index contributed by atoms with van der Waals surface area (Å²) in [5.41, 5.74) is 7.55. The summed E-state index contributed by atoms with van der Waals surface area (Å²) < 4.78 is 22.0. The van der Waals surface area contributed by atoms with Crippen LogP contribution in [0.25, 0.3) is 0 Å². The zero-order valence-electron chi connectivity index (χ0n) is 10.5. The van der Waals surface area contributed by atoms with Gasteiger partial charge in [0.05, 0.1) is 5.75 Å². The van der Waals surface area contributed by atoms with Crippen LogP contribution in [0.4, 0.5) is 0 Å². The minimum Gasteiger partial charge on any atom is -0.324 e. The first kappa shape index (κ1) is 13.7. The topological polar surface area (TPSA) is 60.2 Å². The predicted octanol–water partition coefficient (Wildman–Crippen LogP) is 1.88. The summed E-state index contributed by atoms with van der Waals surface area (Å²) in [6.07, 6.45) is 7.05. The van der Waals surface area contributed by atoms with Gasteiger partial charge in [-0.25, -0.2) is 8.42 Å². The van der Waals surface area contributed by atoms with Crippen molar-refractivity contribution >= 4 is 9.84 Å². The zero-order chi connectivity index (χ0) is 12.4. The van der Waals surface area contributed by atoms with Gasteiger partial charge in [-0.05, 0) is 31.1 Å².